The maximum atomic E-state index is 12.6. The van der Waals surface area contributed by atoms with Crippen molar-refractivity contribution >= 4 is 33.0 Å². The maximum Gasteiger partial charge on any atom is 0.353 e. The molecule has 2 rings (SSSR count). The quantitative estimate of drug-likeness (QED) is 0.760. The van der Waals surface area contributed by atoms with E-state index in [1.54, 1.807) is 18.2 Å². The van der Waals surface area contributed by atoms with E-state index in [4.69, 9.17) is 29.8 Å². The normalized spacial score (nSPS) is 12.7. The van der Waals surface area contributed by atoms with Crippen LogP contribution < -0.4 is 0 Å². The van der Waals surface area contributed by atoms with Gasteiger partial charge in [-0.2, -0.15) is 0 Å². The number of aryl methyl sites for hydroxylation is 1. The van der Waals surface area contributed by atoms with Crippen molar-refractivity contribution < 1.29 is 8.42 Å². The van der Waals surface area contributed by atoms with Gasteiger partial charge in [0, 0.05) is 0 Å². The highest BCUT2D eigenvalue weighted by Crippen LogP contribution is 2.38. The molecule has 0 N–H and O–H groups in total. The Kier molecular flexibility index (Phi) is 4.58. The monoisotopic (exact) mass is 339 g/mol. The molecule has 2 aromatic carbocycles. The molecule has 0 spiro atoms. The zero-order chi connectivity index (χ0) is 15.6. The van der Waals surface area contributed by atoms with Gasteiger partial charge in [0.1, 0.15) is 0 Å². The minimum Gasteiger partial charge on any atom is -0.291 e. The molecule has 21 heavy (non-hydrogen) atoms. The Morgan fingerprint density at radius 3 is 2.05 bits per heavy atom. The molecule has 0 radical (unpaired) electrons. The molecule has 0 saturated carbocycles. The first-order valence-electron chi connectivity index (χ1n) is 5.99. The Labute approximate surface area is 133 Å². The first kappa shape index (κ1) is 15.8. The number of benzene rings is 2. The number of sulfone groups is 1. The van der Waals surface area contributed by atoms with Crippen LogP contribution in [0.25, 0.3) is 4.85 Å². The van der Waals surface area contributed by atoms with Crippen molar-refractivity contribution in [2.75, 3.05) is 0 Å². The van der Waals surface area contributed by atoms with Crippen molar-refractivity contribution in [2.45, 2.75) is 17.2 Å². The van der Waals surface area contributed by atoms with E-state index in [0.29, 0.717) is 0 Å². The van der Waals surface area contributed by atoms with E-state index in [1.807, 2.05) is 6.92 Å². The molecule has 0 bridgehead atoms. The zero-order valence-electron chi connectivity index (χ0n) is 11.0. The molecule has 0 aromatic heterocycles. The third kappa shape index (κ3) is 3.06. The van der Waals surface area contributed by atoms with Crippen molar-refractivity contribution in [3.63, 3.8) is 0 Å². The third-order valence-electron chi connectivity index (χ3n) is 3.01. The Bertz CT molecular complexity index is 788. The van der Waals surface area contributed by atoms with Crippen LogP contribution in [0.1, 0.15) is 16.5 Å². The topological polar surface area (TPSA) is 38.5 Å². The van der Waals surface area contributed by atoms with Crippen LogP contribution in [-0.2, 0) is 9.84 Å². The van der Waals surface area contributed by atoms with Crippen LogP contribution in [0.2, 0.25) is 10.0 Å². The molecule has 6 heteroatoms. The highest BCUT2D eigenvalue weighted by Gasteiger charge is 2.37. The molecule has 1 atom stereocenters. The first-order valence-corrected chi connectivity index (χ1v) is 8.29. The van der Waals surface area contributed by atoms with E-state index in [9.17, 15) is 8.42 Å². The average Bonchev–Trinajstić information content (AvgIpc) is 2.43. The molecule has 0 aliphatic carbocycles. The van der Waals surface area contributed by atoms with Crippen molar-refractivity contribution in [1.29, 1.82) is 0 Å². The van der Waals surface area contributed by atoms with E-state index in [2.05, 4.69) is 4.85 Å². The largest absolute Gasteiger partial charge is 0.353 e. The fraction of sp³-hybridized carbons (Fsp3) is 0.133. The minimum absolute atomic E-state index is 0.0742. The van der Waals surface area contributed by atoms with E-state index < -0.39 is 15.2 Å². The molecular formula is C15H11Cl2NO2S. The van der Waals surface area contributed by atoms with E-state index >= 15 is 0 Å². The van der Waals surface area contributed by atoms with Gasteiger partial charge in [-0.3, -0.25) is 4.85 Å². The van der Waals surface area contributed by atoms with Gasteiger partial charge < -0.3 is 0 Å². The third-order valence-corrected chi connectivity index (χ3v) is 5.52. The van der Waals surface area contributed by atoms with Gasteiger partial charge >= 0.3 is 5.37 Å². The fourth-order valence-corrected chi connectivity index (χ4v) is 4.10. The number of nitrogens with zero attached hydrogens (tertiary/aromatic N) is 1. The lowest BCUT2D eigenvalue weighted by molar-refractivity contribution is 0.590. The SMILES string of the molecule is [C-]#[N+][C@H](c1c(Cl)cccc1Cl)S(=O)(=O)c1ccc(C)cc1. The van der Waals surface area contributed by atoms with Gasteiger partial charge in [-0.1, -0.05) is 47.0 Å². The number of rotatable bonds is 3. The summed E-state index contributed by atoms with van der Waals surface area (Å²) in [5, 5.41) is -1.13. The lowest BCUT2D eigenvalue weighted by Crippen LogP contribution is -2.11. The second-order valence-electron chi connectivity index (χ2n) is 4.47. The van der Waals surface area contributed by atoms with Crippen LogP contribution in [0, 0.1) is 13.5 Å². The summed E-state index contributed by atoms with van der Waals surface area (Å²) >= 11 is 12.1. The highest BCUT2D eigenvalue weighted by molar-refractivity contribution is 7.91. The molecule has 0 heterocycles. The number of hydrogen-bond acceptors (Lipinski definition) is 2. The summed E-state index contributed by atoms with van der Waals surface area (Å²) in [6.07, 6.45) is 0. The van der Waals surface area contributed by atoms with E-state index in [0.717, 1.165) is 5.56 Å². The van der Waals surface area contributed by atoms with E-state index in [1.165, 1.54) is 24.3 Å². The predicted molar refractivity (Wildman–Crippen MR) is 84.2 cm³/mol. The van der Waals surface area contributed by atoms with Crippen LogP contribution in [-0.4, -0.2) is 8.42 Å². The van der Waals surface area contributed by atoms with Crippen LogP contribution in [0.3, 0.4) is 0 Å². The summed E-state index contributed by atoms with van der Waals surface area (Å²) in [5.74, 6) is 0. The van der Waals surface area contributed by atoms with Crippen molar-refractivity contribution in [1.82, 2.24) is 0 Å². The second-order valence-corrected chi connectivity index (χ2v) is 7.30. The second kappa shape index (κ2) is 6.07. The van der Waals surface area contributed by atoms with Gasteiger partial charge in [0.25, 0.3) is 9.84 Å². The molecule has 0 unspecified atom stereocenters. The molecule has 0 saturated heterocycles. The maximum absolute atomic E-state index is 12.6. The smallest absolute Gasteiger partial charge is 0.291 e. The van der Waals surface area contributed by atoms with Crippen molar-refractivity contribution in [3.8, 4) is 0 Å². The predicted octanol–water partition coefficient (Wildman–Crippen LogP) is 4.69. The summed E-state index contributed by atoms with van der Waals surface area (Å²) < 4.78 is 25.3. The zero-order valence-corrected chi connectivity index (χ0v) is 13.4. The van der Waals surface area contributed by atoms with Crippen LogP contribution in [0.15, 0.2) is 47.4 Å². The molecule has 2 aromatic rings. The van der Waals surface area contributed by atoms with E-state index in [-0.39, 0.29) is 20.5 Å². The summed E-state index contributed by atoms with van der Waals surface area (Å²) in [6.45, 7) is 9.12. The summed E-state index contributed by atoms with van der Waals surface area (Å²) in [5.41, 5.74) is 1.06. The molecule has 0 aliphatic heterocycles. The molecular weight excluding hydrogens is 329 g/mol. The number of halogens is 2. The van der Waals surface area contributed by atoms with Crippen molar-refractivity contribution in [2.24, 2.45) is 0 Å². The summed E-state index contributed by atoms with van der Waals surface area (Å²) in [7, 11) is -3.89. The molecule has 0 aliphatic rings. The lowest BCUT2D eigenvalue weighted by atomic mass is 10.2. The van der Waals surface area contributed by atoms with Crippen molar-refractivity contribution in [3.05, 3.63) is 75.1 Å². The van der Waals surface area contributed by atoms with Gasteiger partial charge in [-0.25, -0.2) is 15.0 Å². The van der Waals surface area contributed by atoms with Gasteiger partial charge in [0.2, 0.25) is 0 Å². The number of hydrogen-bond donors (Lipinski definition) is 0. The van der Waals surface area contributed by atoms with Crippen LogP contribution in [0.5, 0.6) is 0 Å². The Morgan fingerprint density at radius 2 is 1.57 bits per heavy atom. The highest BCUT2D eigenvalue weighted by atomic mass is 35.5. The fourth-order valence-electron chi connectivity index (χ4n) is 1.89. The van der Waals surface area contributed by atoms with Crippen LogP contribution >= 0.6 is 23.2 Å². The van der Waals surface area contributed by atoms with Crippen LogP contribution in [0.4, 0.5) is 0 Å². The van der Waals surface area contributed by atoms with Gasteiger partial charge in [0.05, 0.1) is 20.5 Å². The van der Waals surface area contributed by atoms with Gasteiger partial charge in [-0.05, 0) is 31.2 Å². The molecule has 0 amide bonds. The minimum atomic E-state index is -3.89. The summed E-state index contributed by atoms with van der Waals surface area (Å²) in [4.78, 5) is 3.32. The Balaban J connectivity index is 2.61. The van der Waals surface area contributed by atoms with Gasteiger partial charge in [-0.15, -0.1) is 0 Å². The molecule has 108 valence electrons. The van der Waals surface area contributed by atoms with Gasteiger partial charge in [0.15, 0.2) is 0 Å². The lowest BCUT2D eigenvalue weighted by Gasteiger charge is -2.11. The summed E-state index contributed by atoms with van der Waals surface area (Å²) in [6, 6.07) is 11.0. The Hall–Kier alpha value is -1.54. The molecule has 3 nitrogen and oxygen atoms in total. The standard InChI is InChI=1S/C15H11Cl2NO2S/c1-10-6-8-11(9-7-10)21(19,20)15(18-2)14-12(16)4-3-5-13(14)17/h3-9,15H,1H3/t15-/m0/s1. The average molecular weight is 340 g/mol. The first-order chi connectivity index (χ1) is 9.87. The Morgan fingerprint density at radius 1 is 1.05 bits per heavy atom. The molecule has 0 fully saturated rings.